The van der Waals surface area contributed by atoms with Gasteiger partial charge in [-0.3, -0.25) is 9.69 Å². The minimum absolute atomic E-state index is 0.412. The first-order valence-electron chi connectivity index (χ1n) is 6.48. The highest BCUT2D eigenvalue weighted by Crippen LogP contribution is 2.05. The molecular weight excluding hydrogens is 186 g/mol. The lowest BCUT2D eigenvalue weighted by Gasteiger charge is -2.16. The smallest absolute Gasteiger partial charge is 0.146 e. The molecule has 0 saturated heterocycles. The number of rotatable bonds is 10. The highest BCUT2D eigenvalue weighted by molar-refractivity contribution is 5.80. The van der Waals surface area contributed by atoms with E-state index in [9.17, 15) is 4.79 Å². The van der Waals surface area contributed by atoms with Gasteiger partial charge in [0.2, 0.25) is 0 Å². The average Bonchev–Trinajstić information content (AvgIpc) is 2.25. The number of Topliss-reactive ketones (excluding diaryl/α,β-unsaturated/α-hetero) is 1. The van der Waals surface area contributed by atoms with E-state index in [1.807, 2.05) is 0 Å². The van der Waals surface area contributed by atoms with Crippen molar-refractivity contribution in [2.45, 2.75) is 59.3 Å². The molecule has 0 atom stereocenters. The molecule has 2 nitrogen and oxygen atoms in total. The van der Waals surface area contributed by atoms with E-state index in [0.717, 1.165) is 25.9 Å². The molecule has 0 unspecified atom stereocenters. The second kappa shape index (κ2) is 10.2. The Morgan fingerprint density at radius 1 is 0.933 bits per heavy atom. The van der Waals surface area contributed by atoms with Crippen molar-refractivity contribution in [1.82, 2.24) is 4.90 Å². The van der Waals surface area contributed by atoms with Gasteiger partial charge in [0.05, 0.1) is 6.54 Å². The number of carbonyl (C=O) groups is 1. The normalized spacial score (nSPS) is 10.9. The van der Waals surface area contributed by atoms with E-state index in [1.54, 1.807) is 0 Å². The predicted octanol–water partition coefficient (Wildman–Crippen LogP) is 3.26. The molecule has 0 bridgehead atoms. The van der Waals surface area contributed by atoms with E-state index in [-0.39, 0.29) is 0 Å². The van der Waals surface area contributed by atoms with Gasteiger partial charge in [0.25, 0.3) is 0 Å². The van der Waals surface area contributed by atoms with E-state index < -0.39 is 0 Å². The SMILES string of the molecule is CCCCCCCC(=O)CN(CC)CC. The first-order chi connectivity index (χ1) is 7.24. The van der Waals surface area contributed by atoms with Crippen molar-refractivity contribution < 1.29 is 4.79 Å². The van der Waals surface area contributed by atoms with Gasteiger partial charge in [-0.05, 0) is 19.5 Å². The van der Waals surface area contributed by atoms with Crippen LogP contribution in [0.15, 0.2) is 0 Å². The third-order valence-electron chi connectivity index (χ3n) is 2.85. The summed E-state index contributed by atoms with van der Waals surface area (Å²) in [6.07, 6.45) is 6.95. The van der Waals surface area contributed by atoms with Crippen molar-refractivity contribution in [3.63, 3.8) is 0 Å². The predicted molar refractivity (Wildman–Crippen MR) is 66.2 cm³/mol. The van der Waals surface area contributed by atoms with Crippen LogP contribution in [-0.2, 0) is 4.79 Å². The van der Waals surface area contributed by atoms with E-state index in [4.69, 9.17) is 0 Å². The highest BCUT2D eigenvalue weighted by atomic mass is 16.1. The lowest BCUT2D eigenvalue weighted by atomic mass is 10.1. The minimum Gasteiger partial charge on any atom is -0.298 e. The van der Waals surface area contributed by atoms with Gasteiger partial charge < -0.3 is 0 Å². The van der Waals surface area contributed by atoms with Crippen LogP contribution in [0.5, 0.6) is 0 Å². The highest BCUT2D eigenvalue weighted by Gasteiger charge is 2.06. The first-order valence-corrected chi connectivity index (χ1v) is 6.48. The molecule has 0 N–H and O–H groups in total. The second-order valence-electron chi connectivity index (χ2n) is 4.16. The molecule has 0 aliphatic heterocycles. The Morgan fingerprint density at radius 3 is 2.07 bits per heavy atom. The maximum atomic E-state index is 11.6. The summed E-state index contributed by atoms with van der Waals surface area (Å²) in [5.41, 5.74) is 0. The van der Waals surface area contributed by atoms with Crippen molar-refractivity contribution in [2.75, 3.05) is 19.6 Å². The summed E-state index contributed by atoms with van der Waals surface area (Å²) in [5, 5.41) is 0. The molecule has 0 amide bonds. The van der Waals surface area contributed by atoms with Gasteiger partial charge in [-0.2, -0.15) is 0 Å². The zero-order valence-corrected chi connectivity index (χ0v) is 10.7. The van der Waals surface area contributed by atoms with Gasteiger partial charge in [0.15, 0.2) is 0 Å². The van der Waals surface area contributed by atoms with Crippen LogP contribution in [0.2, 0.25) is 0 Å². The summed E-state index contributed by atoms with van der Waals surface area (Å²) in [6.45, 7) is 9.05. The molecule has 0 aromatic carbocycles. The van der Waals surface area contributed by atoms with E-state index in [0.29, 0.717) is 12.3 Å². The third-order valence-corrected chi connectivity index (χ3v) is 2.85. The lowest BCUT2D eigenvalue weighted by Crippen LogP contribution is -2.29. The van der Waals surface area contributed by atoms with Crippen LogP contribution in [0.25, 0.3) is 0 Å². The number of unbranched alkanes of at least 4 members (excludes halogenated alkanes) is 4. The minimum atomic E-state index is 0.412. The maximum absolute atomic E-state index is 11.6. The van der Waals surface area contributed by atoms with Gasteiger partial charge in [-0.25, -0.2) is 0 Å². The molecule has 0 radical (unpaired) electrons. The van der Waals surface area contributed by atoms with E-state index >= 15 is 0 Å². The molecule has 0 aromatic rings. The molecule has 0 heterocycles. The van der Waals surface area contributed by atoms with Crippen molar-refractivity contribution in [1.29, 1.82) is 0 Å². The molecule has 2 heteroatoms. The Hall–Kier alpha value is -0.370. The van der Waals surface area contributed by atoms with Crippen LogP contribution in [0.1, 0.15) is 59.3 Å². The number of likely N-dealkylation sites (N-methyl/N-ethyl adjacent to an activating group) is 1. The van der Waals surface area contributed by atoms with Gasteiger partial charge >= 0.3 is 0 Å². The molecule has 0 aromatic heterocycles. The molecule has 15 heavy (non-hydrogen) atoms. The Labute approximate surface area is 95.0 Å². The van der Waals surface area contributed by atoms with Crippen molar-refractivity contribution >= 4 is 5.78 Å². The van der Waals surface area contributed by atoms with Crippen LogP contribution >= 0.6 is 0 Å². The zero-order chi connectivity index (χ0) is 11.5. The molecular formula is C13H27NO. The largest absolute Gasteiger partial charge is 0.298 e. The summed E-state index contributed by atoms with van der Waals surface area (Å²) < 4.78 is 0. The van der Waals surface area contributed by atoms with Crippen LogP contribution in [0, 0.1) is 0 Å². The number of hydrogen-bond acceptors (Lipinski definition) is 2. The van der Waals surface area contributed by atoms with Crippen LogP contribution in [0.3, 0.4) is 0 Å². The monoisotopic (exact) mass is 213 g/mol. The summed E-state index contributed by atoms with van der Waals surface area (Å²) in [5.74, 6) is 0.412. The maximum Gasteiger partial charge on any atom is 0.146 e. The third kappa shape index (κ3) is 8.61. The second-order valence-corrected chi connectivity index (χ2v) is 4.16. The summed E-state index contributed by atoms with van der Waals surface area (Å²) in [4.78, 5) is 13.8. The lowest BCUT2D eigenvalue weighted by molar-refractivity contribution is -0.120. The van der Waals surface area contributed by atoms with Crippen molar-refractivity contribution in [2.24, 2.45) is 0 Å². The quantitative estimate of drug-likeness (QED) is 0.519. The Kier molecular flexibility index (Phi) is 9.91. The van der Waals surface area contributed by atoms with E-state index in [1.165, 1.54) is 25.7 Å². The summed E-state index contributed by atoms with van der Waals surface area (Å²) >= 11 is 0. The molecule has 0 fully saturated rings. The van der Waals surface area contributed by atoms with Crippen molar-refractivity contribution in [3.8, 4) is 0 Å². The Bertz CT molecular complexity index is 153. The van der Waals surface area contributed by atoms with Gasteiger partial charge in [-0.15, -0.1) is 0 Å². The van der Waals surface area contributed by atoms with Gasteiger partial charge in [0.1, 0.15) is 5.78 Å². The summed E-state index contributed by atoms with van der Waals surface area (Å²) in [7, 11) is 0. The average molecular weight is 213 g/mol. The molecule has 0 spiro atoms. The number of nitrogens with zero attached hydrogens (tertiary/aromatic N) is 1. The van der Waals surface area contributed by atoms with E-state index in [2.05, 4.69) is 25.7 Å². The molecule has 90 valence electrons. The summed E-state index contributed by atoms with van der Waals surface area (Å²) in [6, 6.07) is 0. The molecule has 0 rings (SSSR count). The Morgan fingerprint density at radius 2 is 1.53 bits per heavy atom. The fourth-order valence-corrected chi connectivity index (χ4v) is 1.70. The Balaban J connectivity index is 3.40. The topological polar surface area (TPSA) is 20.3 Å². The number of hydrogen-bond donors (Lipinski definition) is 0. The molecule has 0 saturated carbocycles. The van der Waals surface area contributed by atoms with Crippen LogP contribution in [0.4, 0.5) is 0 Å². The fourth-order valence-electron chi connectivity index (χ4n) is 1.70. The van der Waals surface area contributed by atoms with Crippen LogP contribution in [-0.4, -0.2) is 30.3 Å². The first kappa shape index (κ1) is 14.6. The number of ketones is 1. The zero-order valence-electron chi connectivity index (χ0n) is 10.7. The standard InChI is InChI=1S/C13H27NO/c1-4-7-8-9-10-11-13(15)12-14(5-2)6-3/h4-12H2,1-3H3. The van der Waals surface area contributed by atoms with Crippen molar-refractivity contribution in [3.05, 3.63) is 0 Å². The number of carbonyl (C=O) groups excluding carboxylic acids is 1. The fraction of sp³-hybridized carbons (Fsp3) is 0.923. The van der Waals surface area contributed by atoms with Crippen LogP contribution < -0.4 is 0 Å². The van der Waals surface area contributed by atoms with Gasteiger partial charge in [0, 0.05) is 6.42 Å². The molecule has 0 aliphatic carbocycles. The van der Waals surface area contributed by atoms with Gasteiger partial charge in [-0.1, -0.05) is 46.5 Å². The molecule has 0 aliphatic rings.